The molecule has 1 saturated heterocycles. The SMILES string of the molecule is Cc1ccc(S(=O)(=O)N[C@H](CC2(C(=O)[C@@H]3CCCN3)C=CC=CC2)C(=O)O)cc1. The Balaban J connectivity index is 1.86. The number of carbonyl (C=O) groups excluding carboxylic acids is 1. The Morgan fingerprint density at radius 2 is 2.00 bits per heavy atom. The van der Waals surface area contributed by atoms with Crippen molar-refractivity contribution in [2.45, 2.75) is 49.6 Å². The van der Waals surface area contributed by atoms with Crippen molar-refractivity contribution in [1.82, 2.24) is 10.0 Å². The van der Waals surface area contributed by atoms with E-state index in [0.29, 0.717) is 12.8 Å². The van der Waals surface area contributed by atoms with E-state index in [4.69, 9.17) is 0 Å². The Morgan fingerprint density at radius 3 is 2.55 bits per heavy atom. The van der Waals surface area contributed by atoms with Crippen LogP contribution >= 0.6 is 0 Å². The van der Waals surface area contributed by atoms with Crippen LogP contribution < -0.4 is 10.0 Å². The maximum absolute atomic E-state index is 13.2. The van der Waals surface area contributed by atoms with E-state index in [9.17, 15) is 23.1 Å². The summed E-state index contributed by atoms with van der Waals surface area (Å²) >= 11 is 0. The molecule has 0 saturated carbocycles. The zero-order valence-corrected chi connectivity index (χ0v) is 17.1. The molecular weight excluding hydrogens is 392 g/mol. The van der Waals surface area contributed by atoms with Gasteiger partial charge < -0.3 is 10.4 Å². The van der Waals surface area contributed by atoms with Crippen molar-refractivity contribution in [3.05, 3.63) is 54.1 Å². The Morgan fingerprint density at radius 1 is 1.28 bits per heavy atom. The number of benzene rings is 1. The minimum absolute atomic E-state index is 0.00809. The third-order valence-corrected chi connectivity index (χ3v) is 6.99. The van der Waals surface area contributed by atoms with E-state index in [1.165, 1.54) is 12.1 Å². The number of carboxylic acid groups (broad SMARTS) is 1. The lowest BCUT2D eigenvalue weighted by Gasteiger charge is -2.34. The number of aliphatic carboxylic acids is 1. The molecule has 1 aromatic rings. The maximum atomic E-state index is 13.2. The van der Waals surface area contributed by atoms with Crippen LogP contribution in [0.5, 0.6) is 0 Å². The summed E-state index contributed by atoms with van der Waals surface area (Å²) in [5, 5.41) is 12.9. The third kappa shape index (κ3) is 4.83. The summed E-state index contributed by atoms with van der Waals surface area (Å²) in [6.07, 6.45) is 8.84. The number of carboxylic acids is 1. The van der Waals surface area contributed by atoms with Crippen LogP contribution in [-0.2, 0) is 19.6 Å². The van der Waals surface area contributed by atoms with Gasteiger partial charge in [0.25, 0.3) is 0 Å². The average Bonchev–Trinajstić information content (AvgIpc) is 3.22. The van der Waals surface area contributed by atoms with E-state index in [-0.39, 0.29) is 23.1 Å². The second-order valence-corrected chi connectivity index (χ2v) is 9.40. The number of ketones is 1. The van der Waals surface area contributed by atoms with E-state index in [0.717, 1.165) is 18.5 Å². The van der Waals surface area contributed by atoms with Gasteiger partial charge in [0.2, 0.25) is 10.0 Å². The molecule has 2 aliphatic rings. The van der Waals surface area contributed by atoms with E-state index in [2.05, 4.69) is 10.0 Å². The summed E-state index contributed by atoms with van der Waals surface area (Å²) in [7, 11) is -4.04. The first-order valence-corrected chi connectivity index (χ1v) is 11.2. The lowest BCUT2D eigenvalue weighted by Crippen LogP contribution is -2.49. The van der Waals surface area contributed by atoms with Gasteiger partial charge in [-0.15, -0.1) is 0 Å². The highest BCUT2D eigenvalue weighted by Crippen LogP contribution is 2.37. The molecule has 3 rings (SSSR count). The van der Waals surface area contributed by atoms with Crippen LogP contribution in [0.1, 0.15) is 31.2 Å². The van der Waals surface area contributed by atoms with Crippen LogP contribution in [0.25, 0.3) is 0 Å². The predicted molar refractivity (Wildman–Crippen MR) is 109 cm³/mol. The van der Waals surface area contributed by atoms with Gasteiger partial charge in [0.15, 0.2) is 5.78 Å². The van der Waals surface area contributed by atoms with Gasteiger partial charge in [-0.2, -0.15) is 4.72 Å². The van der Waals surface area contributed by atoms with Crippen molar-refractivity contribution in [3.63, 3.8) is 0 Å². The van der Waals surface area contributed by atoms with Gasteiger partial charge in [0, 0.05) is 0 Å². The molecule has 1 aliphatic carbocycles. The van der Waals surface area contributed by atoms with E-state index in [1.54, 1.807) is 30.4 Å². The van der Waals surface area contributed by atoms with Gasteiger partial charge in [-0.3, -0.25) is 9.59 Å². The number of Topliss-reactive ketones (excluding diaryl/α,β-unsaturated/α-hetero) is 1. The fourth-order valence-corrected chi connectivity index (χ4v) is 5.06. The van der Waals surface area contributed by atoms with Gasteiger partial charge >= 0.3 is 5.97 Å². The largest absolute Gasteiger partial charge is 0.480 e. The molecule has 1 aromatic carbocycles. The average molecular weight is 419 g/mol. The first kappa shape index (κ1) is 21.4. The number of sulfonamides is 1. The first-order valence-electron chi connectivity index (χ1n) is 9.67. The molecule has 1 heterocycles. The quantitative estimate of drug-likeness (QED) is 0.595. The number of nitrogens with one attached hydrogen (secondary N) is 2. The molecule has 1 unspecified atom stereocenters. The highest BCUT2D eigenvalue weighted by molar-refractivity contribution is 7.89. The Bertz CT molecular complexity index is 930. The van der Waals surface area contributed by atoms with Crippen molar-refractivity contribution in [2.75, 3.05) is 6.54 Å². The normalized spacial score (nSPS) is 25.1. The van der Waals surface area contributed by atoms with Crippen molar-refractivity contribution in [3.8, 4) is 0 Å². The van der Waals surface area contributed by atoms with Crippen molar-refractivity contribution in [2.24, 2.45) is 5.41 Å². The van der Waals surface area contributed by atoms with Crippen LogP contribution in [0.3, 0.4) is 0 Å². The van der Waals surface area contributed by atoms with Crippen LogP contribution in [0, 0.1) is 12.3 Å². The summed E-state index contributed by atoms with van der Waals surface area (Å²) in [6.45, 7) is 2.58. The molecule has 1 aliphatic heterocycles. The number of hydrogen-bond donors (Lipinski definition) is 3. The second kappa shape index (κ2) is 8.61. The lowest BCUT2D eigenvalue weighted by molar-refractivity contribution is -0.140. The smallest absolute Gasteiger partial charge is 0.321 e. The van der Waals surface area contributed by atoms with Crippen LogP contribution in [0.2, 0.25) is 0 Å². The lowest BCUT2D eigenvalue weighted by atomic mass is 9.71. The summed E-state index contributed by atoms with van der Waals surface area (Å²) in [5.74, 6) is -1.40. The first-order chi connectivity index (χ1) is 13.7. The Labute approximate surface area is 170 Å². The third-order valence-electron chi connectivity index (χ3n) is 5.51. The standard InChI is InChI=1S/C21H26N2O5S/c1-15-7-9-16(10-8-15)29(27,28)23-18(20(25)26)14-21(11-3-2-4-12-21)19(24)17-6-5-13-22-17/h2-4,7-11,17-18,22-23H,5-6,12-14H2,1H3,(H,25,26)/t17-,18+,21?/m0/s1. The molecule has 156 valence electrons. The molecule has 0 bridgehead atoms. The zero-order valence-electron chi connectivity index (χ0n) is 16.3. The van der Waals surface area contributed by atoms with Crippen LogP contribution in [0.4, 0.5) is 0 Å². The minimum Gasteiger partial charge on any atom is -0.480 e. The molecule has 3 N–H and O–H groups in total. The van der Waals surface area contributed by atoms with Crippen molar-refractivity contribution >= 4 is 21.8 Å². The zero-order chi connectivity index (χ0) is 21.1. The Kier molecular flexibility index (Phi) is 6.36. The van der Waals surface area contributed by atoms with E-state index < -0.39 is 27.4 Å². The monoisotopic (exact) mass is 418 g/mol. The van der Waals surface area contributed by atoms with Gasteiger partial charge in [0.05, 0.1) is 16.4 Å². The summed E-state index contributed by atoms with van der Waals surface area (Å²) in [6, 6.07) is 4.40. The summed E-state index contributed by atoms with van der Waals surface area (Å²) < 4.78 is 27.7. The molecule has 3 atom stereocenters. The number of carbonyl (C=O) groups is 2. The highest BCUT2D eigenvalue weighted by atomic mass is 32.2. The molecule has 29 heavy (non-hydrogen) atoms. The number of hydrogen-bond acceptors (Lipinski definition) is 5. The molecule has 0 amide bonds. The molecule has 0 radical (unpaired) electrons. The topological polar surface area (TPSA) is 113 Å². The molecule has 1 fully saturated rings. The van der Waals surface area contributed by atoms with Crippen LogP contribution in [-0.4, -0.2) is 43.9 Å². The molecular formula is C21H26N2O5S. The van der Waals surface area contributed by atoms with Crippen LogP contribution in [0.15, 0.2) is 53.5 Å². The molecule has 0 spiro atoms. The maximum Gasteiger partial charge on any atom is 0.321 e. The molecule has 7 nitrogen and oxygen atoms in total. The molecule has 0 aromatic heterocycles. The van der Waals surface area contributed by atoms with Crippen molar-refractivity contribution < 1.29 is 23.1 Å². The fraction of sp³-hybridized carbons (Fsp3) is 0.429. The Hall–Kier alpha value is -2.29. The van der Waals surface area contributed by atoms with E-state index in [1.807, 2.05) is 13.0 Å². The number of rotatable bonds is 8. The minimum atomic E-state index is -4.04. The van der Waals surface area contributed by atoms with Gasteiger partial charge in [-0.1, -0.05) is 42.0 Å². The predicted octanol–water partition coefficient (Wildman–Crippen LogP) is 1.94. The number of allylic oxidation sites excluding steroid dienone is 4. The fourth-order valence-electron chi connectivity index (χ4n) is 3.87. The van der Waals surface area contributed by atoms with E-state index >= 15 is 0 Å². The van der Waals surface area contributed by atoms with Gasteiger partial charge in [-0.25, -0.2) is 8.42 Å². The van der Waals surface area contributed by atoms with Crippen molar-refractivity contribution in [1.29, 1.82) is 0 Å². The van der Waals surface area contributed by atoms with Gasteiger partial charge in [-0.05, 0) is 51.3 Å². The summed E-state index contributed by atoms with van der Waals surface area (Å²) in [4.78, 5) is 25.2. The molecule has 8 heteroatoms. The van der Waals surface area contributed by atoms with Gasteiger partial charge in [0.1, 0.15) is 6.04 Å². The second-order valence-electron chi connectivity index (χ2n) is 7.69. The number of aryl methyl sites for hydroxylation is 1. The highest BCUT2D eigenvalue weighted by Gasteiger charge is 2.44. The summed E-state index contributed by atoms with van der Waals surface area (Å²) in [5.41, 5.74) is -0.165.